The van der Waals surface area contributed by atoms with E-state index < -0.39 is 34.1 Å². The van der Waals surface area contributed by atoms with E-state index in [0.717, 1.165) is 22.4 Å². The highest BCUT2D eigenvalue weighted by atomic mass is 32.2. The van der Waals surface area contributed by atoms with Crippen LogP contribution in [0.15, 0.2) is 72.8 Å². The van der Waals surface area contributed by atoms with E-state index in [4.69, 9.17) is 4.74 Å². The number of nitrogens with zero attached hydrogens (tertiary/aromatic N) is 2. The number of rotatable bonds is 10. The highest BCUT2D eigenvalue weighted by molar-refractivity contribution is 7.88. The zero-order chi connectivity index (χ0) is 28.9. The Bertz CT molecular complexity index is 1590. The SMILES string of the molecule is COc1ccc(N(C)C(=O)[C@@H](NC(=O)NS(=O)(=O)NCc2ccc3nc(C)[nH]c3c2)[C@H](C)c2ccccc2)cc1. The number of likely N-dealkylation sites (N-methyl/N-ethyl adjacent to an activating group) is 1. The lowest BCUT2D eigenvalue weighted by Gasteiger charge is -2.29. The molecule has 2 atom stereocenters. The van der Waals surface area contributed by atoms with E-state index in [-0.39, 0.29) is 6.54 Å². The summed E-state index contributed by atoms with van der Waals surface area (Å²) in [6.45, 7) is 3.57. The summed E-state index contributed by atoms with van der Waals surface area (Å²) in [5, 5.41) is 2.57. The molecule has 4 N–H and O–H groups in total. The van der Waals surface area contributed by atoms with Crippen molar-refractivity contribution >= 4 is 38.9 Å². The summed E-state index contributed by atoms with van der Waals surface area (Å²) in [6.07, 6.45) is 0. The molecule has 0 aliphatic heterocycles. The lowest BCUT2D eigenvalue weighted by molar-refractivity contribution is -0.120. The Labute approximate surface area is 233 Å². The van der Waals surface area contributed by atoms with Gasteiger partial charge in [-0.15, -0.1) is 0 Å². The van der Waals surface area contributed by atoms with Crippen molar-refractivity contribution in [1.82, 2.24) is 24.7 Å². The third-order valence-electron chi connectivity index (χ3n) is 6.53. The second-order valence-electron chi connectivity index (χ2n) is 9.35. The first-order valence-electron chi connectivity index (χ1n) is 12.6. The zero-order valence-corrected chi connectivity index (χ0v) is 23.5. The summed E-state index contributed by atoms with van der Waals surface area (Å²) in [4.78, 5) is 35.3. The molecule has 0 unspecified atom stereocenters. The van der Waals surface area contributed by atoms with Crippen molar-refractivity contribution in [2.45, 2.75) is 32.4 Å². The van der Waals surface area contributed by atoms with Crippen LogP contribution in [0.2, 0.25) is 0 Å². The van der Waals surface area contributed by atoms with E-state index >= 15 is 0 Å². The number of ether oxygens (including phenoxy) is 1. The van der Waals surface area contributed by atoms with Crippen LogP contribution < -0.4 is 24.4 Å². The van der Waals surface area contributed by atoms with Gasteiger partial charge in [0.1, 0.15) is 17.6 Å². The molecule has 0 saturated heterocycles. The third kappa shape index (κ3) is 6.96. The summed E-state index contributed by atoms with van der Waals surface area (Å²) in [6, 6.07) is 19.3. The van der Waals surface area contributed by atoms with Crippen LogP contribution in [-0.4, -0.2) is 50.5 Å². The quantitative estimate of drug-likeness (QED) is 0.232. The minimum Gasteiger partial charge on any atom is -0.497 e. The largest absolute Gasteiger partial charge is 0.497 e. The minimum absolute atomic E-state index is 0.0559. The van der Waals surface area contributed by atoms with Crippen molar-refractivity contribution in [2.24, 2.45) is 0 Å². The van der Waals surface area contributed by atoms with Gasteiger partial charge in [0.05, 0.1) is 18.1 Å². The van der Waals surface area contributed by atoms with Gasteiger partial charge in [0, 0.05) is 25.2 Å². The van der Waals surface area contributed by atoms with E-state index in [9.17, 15) is 18.0 Å². The summed E-state index contributed by atoms with van der Waals surface area (Å²) in [5.41, 5.74) is 3.60. The van der Waals surface area contributed by atoms with Gasteiger partial charge in [0.25, 0.3) is 0 Å². The highest BCUT2D eigenvalue weighted by Crippen LogP contribution is 2.24. The van der Waals surface area contributed by atoms with Gasteiger partial charge in [0.2, 0.25) is 5.91 Å². The molecule has 210 valence electrons. The van der Waals surface area contributed by atoms with Crippen molar-refractivity contribution < 1.29 is 22.7 Å². The third-order valence-corrected chi connectivity index (χ3v) is 7.50. The molecule has 4 aromatic rings. The van der Waals surface area contributed by atoms with E-state index in [1.807, 2.05) is 42.0 Å². The molecule has 1 heterocycles. The second kappa shape index (κ2) is 12.2. The predicted octanol–water partition coefficient (Wildman–Crippen LogP) is 3.35. The fraction of sp³-hybridized carbons (Fsp3) is 0.250. The number of benzene rings is 3. The Morgan fingerprint density at radius 1 is 1.05 bits per heavy atom. The normalized spacial score (nSPS) is 12.9. The number of carbonyl (C=O) groups excluding carboxylic acids is 2. The van der Waals surface area contributed by atoms with Crippen LogP contribution in [0, 0.1) is 6.92 Å². The van der Waals surface area contributed by atoms with Gasteiger partial charge < -0.3 is 19.9 Å². The summed E-state index contributed by atoms with van der Waals surface area (Å²) >= 11 is 0. The van der Waals surface area contributed by atoms with Crippen molar-refractivity contribution in [1.29, 1.82) is 0 Å². The van der Waals surface area contributed by atoms with Crippen LogP contribution >= 0.6 is 0 Å². The maximum atomic E-state index is 13.6. The van der Waals surface area contributed by atoms with Crippen LogP contribution in [0.3, 0.4) is 0 Å². The molecule has 1 aromatic heterocycles. The maximum absolute atomic E-state index is 13.6. The van der Waals surface area contributed by atoms with Gasteiger partial charge in [0.15, 0.2) is 0 Å². The average Bonchev–Trinajstić information content (AvgIpc) is 3.33. The number of methoxy groups -OCH3 is 1. The van der Waals surface area contributed by atoms with Gasteiger partial charge in [-0.25, -0.2) is 14.5 Å². The van der Waals surface area contributed by atoms with Crippen LogP contribution in [0.5, 0.6) is 5.75 Å². The Morgan fingerprint density at radius 3 is 2.42 bits per heavy atom. The molecule has 0 radical (unpaired) electrons. The molecule has 3 amide bonds. The fourth-order valence-corrected chi connectivity index (χ4v) is 5.02. The number of aromatic nitrogens is 2. The number of imidazole rings is 1. The second-order valence-corrected chi connectivity index (χ2v) is 10.8. The Hall–Kier alpha value is -4.42. The first-order valence-corrected chi connectivity index (χ1v) is 14.0. The Balaban J connectivity index is 1.47. The number of nitrogens with one attached hydrogen (secondary N) is 4. The van der Waals surface area contributed by atoms with E-state index in [1.54, 1.807) is 63.5 Å². The number of carbonyl (C=O) groups is 2. The molecule has 0 fully saturated rings. The number of fused-ring (bicyclic) bond motifs is 1. The number of aryl methyl sites for hydroxylation is 1. The maximum Gasteiger partial charge on any atom is 0.330 e. The number of hydrogen-bond acceptors (Lipinski definition) is 6. The number of amides is 3. The summed E-state index contributed by atoms with van der Waals surface area (Å²) in [5.74, 6) is 0.483. The molecule has 40 heavy (non-hydrogen) atoms. The molecule has 0 saturated carbocycles. The molecule has 4 rings (SSSR count). The lowest BCUT2D eigenvalue weighted by atomic mass is 9.92. The standard InChI is InChI=1S/C28H32N6O5S/c1-18(21-8-6-5-7-9-21)26(27(35)34(3)22-11-13-23(39-4)14-12-22)32-28(36)33-40(37,38)29-17-20-10-15-24-25(16-20)31-19(2)30-24/h5-16,18,26,29H,17H2,1-4H3,(H,30,31)(H2,32,33,36)/t18-,26+/m1/s1. The van der Waals surface area contributed by atoms with Crippen molar-refractivity contribution in [3.05, 3.63) is 89.7 Å². The van der Waals surface area contributed by atoms with Crippen LogP contribution in [0.1, 0.15) is 29.8 Å². The molecule has 3 aromatic carbocycles. The van der Waals surface area contributed by atoms with Crippen molar-refractivity contribution in [3.8, 4) is 5.75 Å². The fourth-order valence-electron chi connectivity index (χ4n) is 4.29. The monoisotopic (exact) mass is 564 g/mol. The molecular weight excluding hydrogens is 532 g/mol. The lowest BCUT2D eigenvalue weighted by Crippen LogP contribution is -2.54. The number of urea groups is 1. The smallest absolute Gasteiger partial charge is 0.330 e. The van der Waals surface area contributed by atoms with E-state index in [1.165, 1.54) is 4.90 Å². The average molecular weight is 565 g/mol. The number of anilines is 1. The zero-order valence-electron chi connectivity index (χ0n) is 22.6. The van der Waals surface area contributed by atoms with Gasteiger partial charge >= 0.3 is 16.2 Å². The Morgan fingerprint density at radius 2 is 1.75 bits per heavy atom. The first-order chi connectivity index (χ1) is 19.1. The highest BCUT2D eigenvalue weighted by Gasteiger charge is 2.32. The van der Waals surface area contributed by atoms with E-state index in [0.29, 0.717) is 17.0 Å². The number of hydrogen-bond donors (Lipinski definition) is 4. The van der Waals surface area contributed by atoms with Crippen LogP contribution in [0.4, 0.5) is 10.5 Å². The predicted molar refractivity (Wildman–Crippen MR) is 153 cm³/mol. The summed E-state index contributed by atoms with van der Waals surface area (Å²) < 4.78 is 34.9. The van der Waals surface area contributed by atoms with Gasteiger partial charge in [-0.1, -0.05) is 43.3 Å². The van der Waals surface area contributed by atoms with Crippen molar-refractivity contribution in [2.75, 3.05) is 19.1 Å². The topological polar surface area (TPSA) is 146 Å². The molecule has 11 nitrogen and oxygen atoms in total. The van der Waals surface area contributed by atoms with Gasteiger partial charge in [-0.2, -0.15) is 13.1 Å². The molecule has 0 aliphatic rings. The van der Waals surface area contributed by atoms with Crippen LogP contribution in [-0.2, 0) is 21.5 Å². The molecule has 12 heteroatoms. The minimum atomic E-state index is -4.25. The van der Waals surface area contributed by atoms with Gasteiger partial charge in [-0.3, -0.25) is 4.79 Å². The van der Waals surface area contributed by atoms with Crippen LogP contribution in [0.25, 0.3) is 11.0 Å². The molecule has 0 spiro atoms. The molecular formula is C28H32N6O5S. The van der Waals surface area contributed by atoms with Gasteiger partial charge in [-0.05, 0) is 54.4 Å². The van der Waals surface area contributed by atoms with Crippen molar-refractivity contribution in [3.63, 3.8) is 0 Å². The van der Waals surface area contributed by atoms with E-state index in [2.05, 4.69) is 20.0 Å². The Kier molecular flexibility index (Phi) is 8.70. The number of aromatic amines is 1. The first kappa shape index (κ1) is 28.6. The summed E-state index contributed by atoms with van der Waals surface area (Å²) in [7, 11) is -1.11. The molecule has 0 aliphatic carbocycles. The molecule has 0 bridgehead atoms. The number of H-pyrrole nitrogens is 1.